The smallest absolute Gasteiger partial charge is 0.0931 e. The van der Waals surface area contributed by atoms with E-state index in [0.717, 1.165) is 20.3 Å². The van der Waals surface area contributed by atoms with Gasteiger partial charge in [0, 0.05) is 9.90 Å². The van der Waals surface area contributed by atoms with E-state index in [1.807, 2.05) is 37.3 Å². The number of thiophene rings is 1. The van der Waals surface area contributed by atoms with Crippen LogP contribution in [0.4, 0.5) is 0 Å². The van der Waals surface area contributed by atoms with Crippen molar-refractivity contribution in [2.45, 2.75) is 13.0 Å². The summed E-state index contributed by atoms with van der Waals surface area (Å²) in [4.78, 5) is 1.05. The van der Waals surface area contributed by atoms with Gasteiger partial charge in [0.05, 0.1) is 10.4 Å². The van der Waals surface area contributed by atoms with Crippen molar-refractivity contribution in [3.8, 4) is 0 Å². The SMILES string of the molecule is Cc1ccc(Cl)cc1C(N)c1ccc(Cl)s1. The summed E-state index contributed by atoms with van der Waals surface area (Å²) < 4.78 is 0.755. The molecular weight excluding hydrogens is 261 g/mol. The van der Waals surface area contributed by atoms with Crippen LogP contribution in [0.25, 0.3) is 0 Å². The molecule has 0 aliphatic rings. The van der Waals surface area contributed by atoms with E-state index in [-0.39, 0.29) is 6.04 Å². The van der Waals surface area contributed by atoms with Gasteiger partial charge in [-0.3, -0.25) is 0 Å². The number of rotatable bonds is 2. The Morgan fingerprint density at radius 2 is 1.94 bits per heavy atom. The van der Waals surface area contributed by atoms with Crippen molar-refractivity contribution in [2.75, 3.05) is 0 Å². The van der Waals surface area contributed by atoms with Gasteiger partial charge in [0.1, 0.15) is 0 Å². The Bertz CT molecular complexity index is 507. The number of nitrogens with two attached hydrogens (primary N) is 1. The molecule has 0 fully saturated rings. The fourth-order valence-electron chi connectivity index (χ4n) is 1.60. The van der Waals surface area contributed by atoms with Crippen LogP contribution >= 0.6 is 34.5 Å². The van der Waals surface area contributed by atoms with Crippen LogP contribution in [-0.2, 0) is 0 Å². The van der Waals surface area contributed by atoms with Gasteiger partial charge in [0.2, 0.25) is 0 Å². The van der Waals surface area contributed by atoms with Crippen molar-refractivity contribution in [1.82, 2.24) is 0 Å². The first-order valence-corrected chi connectivity index (χ1v) is 6.42. The van der Waals surface area contributed by atoms with Crippen LogP contribution in [0.3, 0.4) is 0 Å². The van der Waals surface area contributed by atoms with E-state index in [2.05, 4.69) is 0 Å². The van der Waals surface area contributed by atoms with Gasteiger partial charge in [-0.15, -0.1) is 11.3 Å². The molecule has 2 aromatic rings. The second-order valence-corrected chi connectivity index (χ2v) is 5.80. The lowest BCUT2D eigenvalue weighted by atomic mass is 10.0. The van der Waals surface area contributed by atoms with Crippen molar-refractivity contribution in [2.24, 2.45) is 5.73 Å². The Kier molecular flexibility index (Phi) is 3.55. The average molecular weight is 272 g/mol. The monoisotopic (exact) mass is 271 g/mol. The molecule has 16 heavy (non-hydrogen) atoms. The van der Waals surface area contributed by atoms with Gasteiger partial charge in [0.25, 0.3) is 0 Å². The van der Waals surface area contributed by atoms with E-state index in [4.69, 9.17) is 28.9 Å². The third-order valence-corrected chi connectivity index (χ3v) is 4.03. The molecule has 0 spiro atoms. The summed E-state index contributed by atoms with van der Waals surface area (Å²) in [5.74, 6) is 0. The molecule has 1 aromatic heterocycles. The first-order chi connectivity index (χ1) is 7.58. The van der Waals surface area contributed by atoms with Gasteiger partial charge >= 0.3 is 0 Å². The van der Waals surface area contributed by atoms with Crippen molar-refractivity contribution >= 4 is 34.5 Å². The van der Waals surface area contributed by atoms with Crippen LogP contribution in [0, 0.1) is 6.92 Å². The summed E-state index contributed by atoms with van der Waals surface area (Å²) in [7, 11) is 0. The highest BCUT2D eigenvalue weighted by atomic mass is 35.5. The molecule has 1 atom stereocenters. The lowest BCUT2D eigenvalue weighted by Gasteiger charge is -2.13. The summed E-state index contributed by atoms with van der Waals surface area (Å²) in [6, 6.07) is 9.42. The number of halogens is 2. The second kappa shape index (κ2) is 4.76. The van der Waals surface area contributed by atoms with Gasteiger partial charge < -0.3 is 5.73 Å². The van der Waals surface area contributed by atoms with Crippen molar-refractivity contribution < 1.29 is 0 Å². The van der Waals surface area contributed by atoms with Crippen LogP contribution in [0.5, 0.6) is 0 Å². The average Bonchev–Trinajstić information content (AvgIpc) is 2.67. The van der Waals surface area contributed by atoms with Crippen LogP contribution in [0.15, 0.2) is 30.3 Å². The first kappa shape index (κ1) is 11.9. The topological polar surface area (TPSA) is 26.0 Å². The van der Waals surface area contributed by atoms with E-state index in [1.165, 1.54) is 11.3 Å². The van der Waals surface area contributed by atoms with Gasteiger partial charge in [0.15, 0.2) is 0 Å². The zero-order chi connectivity index (χ0) is 11.7. The third-order valence-electron chi connectivity index (χ3n) is 2.48. The summed E-state index contributed by atoms with van der Waals surface area (Å²) in [5.41, 5.74) is 8.38. The number of aryl methyl sites for hydroxylation is 1. The molecule has 1 heterocycles. The third kappa shape index (κ3) is 2.41. The van der Waals surface area contributed by atoms with Crippen LogP contribution in [0.2, 0.25) is 9.36 Å². The zero-order valence-corrected chi connectivity index (χ0v) is 11.0. The van der Waals surface area contributed by atoms with E-state index in [9.17, 15) is 0 Å². The Morgan fingerprint density at radius 3 is 2.56 bits per heavy atom. The highest BCUT2D eigenvalue weighted by Gasteiger charge is 2.13. The van der Waals surface area contributed by atoms with Gasteiger partial charge in [-0.25, -0.2) is 0 Å². The molecule has 0 bridgehead atoms. The molecule has 0 radical (unpaired) electrons. The molecule has 0 aliphatic heterocycles. The van der Waals surface area contributed by atoms with Gasteiger partial charge in [-0.2, -0.15) is 0 Å². The number of hydrogen-bond donors (Lipinski definition) is 1. The van der Waals surface area contributed by atoms with E-state index in [1.54, 1.807) is 0 Å². The molecular formula is C12H11Cl2NS. The first-order valence-electron chi connectivity index (χ1n) is 4.85. The lowest BCUT2D eigenvalue weighted by molar-refractivity contribution is 0.883. The molecule has 84 valence electrons. The molecule has 0 amide bonds. The highest BCUT2D eigenvalue weighted by molar-refractivity contribution is 7.16. The predicted molar refractivity (Wildman–Crippen MR) is 71.5 cm³/mol. The van der Waals surface area contributed by atoms with Crippen molar-refractivity contribution in [3.63, 3.8) is 0 Å². The molecule has 1 nitrogen and oxygen atoms in total. The van der Waals surface area contributed by atoms with Gasteiger partial charge in [-0.05, 0) is 42.3 Å². The molecule has 0 aliphatic carbocycles. The molecule has 0 saturated heterocycles. The van der Waals surface area contributed by atoms with Gasteiger partial charge in [-0.1, -0.05) is 29.3 Å². The Balaban J connectivity index is 2.40. The molecule has 0 saturated carbocycles. The Hall–Kier alpha value is -0.540. The normalized spacial score (nSPS) is 12.8. The maximum Gasteiger partial charge on any atom is 0.0931 e. The van der Waals surface area contributed by atoms with Crippen LogP contribution in [-0.4, -0.2) is 0 Å². The lowest BCUT2D eigenvalue weighted by Crippen LogP contribution is -2.11. The largest absolute Gasteiger partial charge is 0.320 e. The molecule has 2 N–H and O–H groups in total. The minimum Gasteiger partial charge on any atom is -0.320 e. The van der Waals surface area contributed by atoms with E-state index >= 15 is 0 Å². The fraction of sp³-hybridized carbons (Fsp3) is 0.167. The van der Waals surface area contributed by atoms with Crippen molar-refractivity contribution in [1.29, 1.82) is 0 Å². The quantitative estimate of drug-likeness (QED) is 0.860. The minimum absolute atomic E-state index is 0.156. The van der Waals surface area contributed by atoms with Crippen molar-refractivity contribution in [3.05, 3.63) is 55.7 Å². The summed E-state index contributed by atoms with van der Waals surface area (Å²) >= 11 is 13.4. The van der Waals surface area contributed by atoms with Crippen LogP contribution < -0.4 is 5.73 Å². The molecule has 4 heteroatoms. The summed E-state index contributed by atoms with van der Waals surface area (Å²) in [5, 5.41) is 0.707. The van der Waals surface area contributed by atoms with E-state index < -0.39 is 0 Å². The zero-order valence-electron chi connectivity index (χ0n) is 8.71. The van der Waals surface area contributed by atoms with Crippen LogP contribution in [0.1, 0.15) is 22.0 Å². The maximum atomic E-state index is 6.19. The summed E-state index contributed by atoms with van der Waals surface area (Å²) in [6.07, 6.45) is 0. The molecule has 1 unspecified atom stereocenters. The maximum absolute atomic E-state index is 6.19. The van der Waals surface area contributed by atoms with E-state index in [0.29, 0.717) is 5.02 Å². The number of benzene rings is 1. The fourth-order valence-corrected chi connectivity index (χ4v) is 2.86. The molecule has 2 rings (SSSR count). The number of hydrogen-bond acceptors (Lipinski definition) is 2. The standard InChI is InChI=1S/C12H11Cl2NS/c1-7-2-3-8(13)6-9(7)12(15)10-4-5-11(14)16-10/h2-6,12H,15H2,1H3. The summed E-state index contributed by atoms with van der Waals surface area (Å²) in [6.45, 7) is 2.03. The second-order valence-electron chi connectivity index (χ2n) is 3.62. The predicted octanol–water partition coefficient (Wildman–Crippen LogP) is 4.41. The Labute approximate surface area is 109 Å². The highest BCUT2D eigenvalue weighted by Crippen LogP contribution is 2.31. The minimum atomic E-state index is -0.156. The molecule has 1 aromatic carbocycles. The Morgan fingerprint density at radius 1 is 1.19 bits per heavy atom.